The zero-order chi connectivity index (χ0) is 20.6. The highest BCUT2D eigenvalue weighted by molar-refractivity contribution is 5.95. The highest BCUT2D eigenvalue weighted by Crippen LogP contribution is 2.26. The van der Waals surface area contributed by atoms with Crippen LogP contribution in [0.25, 0.3) is 0 Å². The quantitative estimate of drug-likeness (QED) is 0.790. The van der Waals surface area contributed by atoms with Gasteiger partial charge in [0.1, 0.15) is 5.82 Å². The van der Waals surface area contributed by atoms with Crippen LogP contribution in [0.3, 0.4) is 0 Å². The molecule has 2 heterocycles. The van der Waals surface area contributed by atoms with Crippen molar-refractivity contribution in [3.63, 3.8) is 0 Å². The third-order valence-corrected chi connectivity index (χ3v) is 5.14. The molecule has 1 atom stereocenters. The summed E-state index contributed by atoms with van der Waals surface area (Å²) in [5.41, 5.74) is 0.192. The fraction of sp³-hybridized carbons (Fsp3) is 0.429. The smallest absolute Gasteiger partial charge is 0.274 e. The van der Waals surface area contributed by atoms with E-state index in [0.29, 0.717) is 18.8 Å². The summed E-state index contributed by atoms with van der Waals surface area (Å²) in [5, 5.41) is 20.7. The van der Waals surface area contributed by atoms with E-state index in [1.807, 2.05) is 20.8 Å². The number of nitrogens with zero attached hydrogens (tertiary/aromatic N) is 2. The van der Waals surface area contributed by atoms with Gasteiger partial charge in [-0.2, -0.15) is 0 Å². The normalized spacial score (nSPS) is 14.9. The first-order valence-corrected chi connectivity index (χ1v) is 9.25. The van der Waals surface area contributed by atoms with Gasteiger partial charge in [-0.25, -0.2) is 4.39 Å². The van der Waals surface area contributed by atoms with Crippen LogP contribution in [-0.4, -0.2) is 38.2 Å². The van der Waals surface area contributed by atoms with Crippen molar-refractivity contribution >= 4 is 18.3 Å². The Balaban J connectivity index is 0.00000300. The van der Waals surface area contributed by atoms with Gasteiger partial charge >= 0.3 is 0 Å². The second-order valence-corrected chi connectivity index (χ2v) is 8.29. The largest absolute Gasteiger partial charge is 0.503 e. The Kier molecular flexibility index (Phi) is 6.75. The van der Waals surface area contributed by atoms with Gasteiger partial charge in [-0.05, 0) is 23.1 Å². The lowest BCUT2D eigenvalue weighted by molar-refractivity contribution is 0.0590. The number of aromatic nitrogens is 1. The number of aliphatic hydroxyl groups is 1. The lowest BCUT2D eigenvalue weighted by Crippen LogP contribution is -2.42. The molecule has 0 saturated carbocycles. The minimum Gasteiger partial charge on any atom is -0.503 e. The summed E-state index contributed by atoms with van der Waals surface area (Å²) < 4.78 is 14.7. The van der Waals surface area contributed by atoms with Gasteiger partial charge < -0.3 is 19.7 Å². The number of rotatable bonds is 4. The topological polar surface area (TPSA) is 82.8 Å². The molecular weight excluding hydrogens is 399 g/mol. The Bertz CT molecular complexity index is 951. The van der Waals surface area contributed by atoms with E-state index in [4.69, 9.17) is 0 Å². The van der Waals surface area contributed by atoms with Crippen molar-refractivity contribution < 1.29 is 19.4 Å². The van der Waals surface area contributed by atoms with Crippen LogP contribution in [0.1, 0.15) is 42.5 Å². The van der Waals surface area contributed by atoms with Crippen LogP contribution < -0.4 is 5.43 Å². The number of aliphatic hydroxyl groups excluding tert-OH is 1. The van der Waals surface area contributed by atoms with Gasteiger partial charge in [0.2, 0.25) is 5.43 Å². The predicted molar refractivity (Wildman–Crippen MR) is 110 cm³/mol. The lowest BCUT2D eigenvalue weighted by atomic mass is 9.86. The fourth-order valence-corrected chi connectivity index (χ4v) is 3.26. The second-order valence-electron chi connectivity index (χ2n) is 8.29. The van der Waals surface area contributed by atoms with E-state index in [9.17, 15) is 24.2 Å². The van der Waals surface area contributed by atoms with Gasteiger partial charge in [0.15, 0.2) is 11.4 Å². The number of hydrogen-bond acceptors (Lipinski definition) is 4. The SMILES string of the molecule is CC(C)(C)C(O)Cc1cc(=O)c(O)c2n1CCN(Cc1ccc(F)cc1)C2=O.Cl. The van der Waals surface area contributed by atoms with Crippen molar-refractivity contribution in [1.82, 2.24) is 9.47 Å². The average Bonchev–Trinajstić information content (AvgIpc) is 2.62. The summed E-state index contributed by atoms with van der Waals surface area (Å²) in [6, 6.07) is 7.13. The van der Waals surface area contributed by atoms with E-state index in [-0.39, 0.29) is 42.3 Å². The second kappa shape index (κ2) is 8.55. The number of carbonyl (C=O) groups is 1. The Hall–Kier alpha value is -2.38. The highest BCUT2D eigenvalue weighted by atomic mass is 35.5. The third-order valence-electron chi connectivity index (χ3n) is 5.14. The summed E-state index contributed by atoms with van der Waals surface area (Å²) in [7, 11) is 0. The molecule has 1 aliphatic heterocycles. The highest BCUT2D eigenvalue weighted by Gasteiger charge is 2.31. The zero-order valence-corrected chi connectivity index (χ0v) is 17.5. The molecule has 0 radical (unpaired) electrons. The molecule has 3 rings (SSSR count). The zero-order valence-electron chi connectivity index (χ0n) is 16.7. The number of fused-ring (bicyclic) bond motifs is 1. The van der Waals surface area contributed by atoms with Crippen LogP contribution >= 0.6 is 12.4 Å². The first-order chi connectivity index (χ1) is 13.1. The third kappa shape index (κ3) is 4.79. The number of amides is 1. The maximum Gasteiger partial charge on any atom is 0.274 e. The number of benzene rings is 1. The summed E-state index contributed by atoms with van der Waals surface area (Å²) in [5.74, 6) is -1.40. The molecule has 1 amide bonds. The van der Waals surface area contributed by atoms with E-state index in [2.05, 4.69) is 0 Å². The maximum absolute atomic E-state index is 13.1. The molecule has 2 aromatic rings. The molecule has 0 spiro atoms. The van der Waals surface area contributed by atoms with Crippen LogP contribution in [-0.2, 0) is 19.5 Å². The van der Waals surface area contributed by atoms with Crippen LogP contribution in [0, 0.1) is 11.2 Å². The molecule has 0 aliphatic carbocycles. The minimum absolute atomic E-state index is 0. The molecule has 1 unspecified atom stereocenters. The molecule has 0 bridgehead atoms. The summed E-state index contributed by atoms with van der Waals surface area (Å²) in [6.07, 6.45) is -0.502. The molecule has 29 heavy (non-hydrogen) atoms. The van der Waals surface area contributed by atoms with Gasteiger partial charge in [-0.15, -0.1) is 12.4 Å². The van der Waals surface area contributed by atoms with Crippen molar-refractivity contribution in [3.05, 3.63) is 63.3 Å². The number of carbonyl (C=O) groups excluding carboxylic acids is 1. The van der Waals surface area contributed by atoms with Gasteiger partial charge in [0.05, 0.1) is 6.10 Å². The standard InChI is InChI=1S/C21H25FN2O4.ClH/c1-21(2,3)17(26)11-15-10-16(25)19(27)18-20(28)23(8-9-24(15)18)12-13-4-6-14(22)7-5-13;/h4-7,10,17,26-27H,8-9,11-12H2,1-3H3;1H. The molecule has 8 heteroatoms. The minimum atomic E-state index is -0.708. The monoisotopic (exact) mass is 424 g/mol. The van der Waals surface area contributed by atoms with Crippen molar-refractivity contribution in [2.75, 3.05) is 6.54 Å². The van der Waals surface area contributed by atoms with Crippen molar-refractivity contribution in [1.29, 1.82) is 0 Å². The molecule has 2 N–H and O–H groups in total. The van der Waals surface area contributed by atoms with Gasteiger partial charge in [-0.1, -0.05) is 32.9 Å². The van der Waals surface area contributed by atoms with Gasteiger partial charge in [0.25, 0.3) is 5.91 Å². The average molecular weight is 425 g/mol. The van der Waals surface area contributed by atoms with Crippen LogP contribution in [0.4, 0.5) is 4.39 Å². The number of aromatic hydroxyl groups is 1. The first kappa shape index (κ1) is 22.9. The van der Waals surface area contributed by atoms with Crippen LogP contribution in [0.5, 0.6) is 5.75 Å². The number of pyridine rings is 1. The van der Waals surface area contributed by atoms with Crippen molar-refractivity contribution in [2.24, 2.45) is 5.41 Å². The maximum atomic E-state index is 13.1. The van der Waals surface area contributed by atoms with E-state index in [1.165, 1.54) is 23.1 Å². The lowest BCUT2D eigenvalue weighted by Gasteiger charge is -2.33. The molecule has 1 aromatic heterocycles. The molecule has 0 saturated heterocycles. The summed E-state index contributed by atoms with van der Waals surface area (Å²) in [4.78, 5) is 26.7. The Morgan fingerprint density at radius 2 is 1.76 bits per heavy atom. The van der Waals surface area contributed by atoms with Crippen molar-refractivity contribution in [2.45, 2.75) is 46.4 Å². The van der Waals surface area contributed by atoms with Crippen LogP contribution in [0.15, 0.2) is 35.1 Å². The summed E-state index contributed by atoms with van der Waals surface area (Å²) >= 11 is 0. The molecule has 1 aromatic carbocycles. The molecule has 1 aliphatic rings. The van der Waals surface area contributed by atoms with Gasteiger partial charge in [0, 0.05) is 37.8 Å². The summed E-state index contributed by atoms with van der Waals surface area (Å²) in [6.45, 7) is 6.70. The van der Waals surface area contributed by atoms with E-state index < -0.39 is 23.2 Å². The predicted octanol–water partition coefficient (Wildman–Crippen LogP) is 2.72. The van der Waals surface area contributed by atoms with E-state index >= 15 is 0 Å². The Labute approximate surface area is 175 Å². The van der Waals surface area contributed by atoms with Crippen LogP contribution in [0.2, 0.25) is 0 Å². The fourth-order valence-electron chi connectivity index (χ4n) is 3.26. The Morgan fingerprint density at radius 3 is 2.34 bits per heavy atom. The van der Waals surface area contributed by atoms with E-state index in [0.717, 1.165) is 5.56 Å². The van der Waals surface area contributed by atoms with Crippen molar-refractivity contribution in [3.8, 4) is 5.75 Å². The molecule has 0 fully saturated rings. The van der Waals surface area contributed by atoms with Gasteiger partial charge in [-0.3, -0.25) is 9.59 Å². The first-order valence-electron chi connectivity index (χ1n) is 9.25. The number of hydrogen-bond donors (Lipinski definition) is 2. The number of halogens is 2. The molecular formula is C21H26ClFN2O4. The Morgan fingerprint density at radius 1 is 1.14 bits per heavy atom. The molecule has 6 nitrogen and oxygen atoms in total. The molecule has 158 valence electrons. The van der Waals surface area contributed by atoms with E-state index in [1.54, 1.807) is 16.7 Å².